The Bertz CT molecular complexity index is 286. The first kappa shape index (κ1) is 9.25. The van der Waals surface area contributed by atoms with E-state index in [9.17, 15) is 4.79 Å². The maximum Gasteiger partial charge on any atom is 0.273 e. The summed E-state index contributed by atoms with van der Waals surface area (Å²) in [6.45, 7) is 0. The predicted molar refractivity (Wildman–Crippen MR) is 48.9 cm³/mol. The number of hydrogen-bond acceptors (Lipinski definition) is 2. The first-order chi connectivity index (χ1) is 5.52. The lowest BCUT2D eigenvalue weighted by Gasteiger charge is -2.06. The van der Waals surface area contributed by atoms with Gasteiger partial charge in [0.25, 0.3) is 5.91 Å². The van der Waals surface area contributed by atoms with Gasteiger partial charge in [-0.3, -0.25) is 4.79 Å². The van der Waals surface area contributed by atoms with Crippen molar-refractivity contribution in [1.82, 2.24) is 14.5 Å². The molecule has 0 fully saturated rings. The van der Waals surface area contributed by atoms with Crippen LogP contribution in [0.2, 0.25) is 0 Å². The molecule has 0 saturated carbocycles. The maximum atomic E-state index is 11.3. The summed E-state index contributed by atoms with van der Waals surface area (Å²) in [5, 5.41) is 0. The molecule has 1 aromatic rings. The lowest BCUT2D eigenvalue weighted by Crippen LogP contribution is -2.21. The summed E-state index contributed by atoms with van der Waals surface area (Å²) in [4.78, 5) is 16.9. The highest BCUT2D eigenvalue weighted by molar-refractivity contribution is 9.10. The largest absolute Gasteiger partial charge is 0.343 e. The molecule has 66 valence electrons. The number of halogens is 1. The van der Waals surface area contributed by atoms with E-state index in [1.54, 1.807) is 24.9 Å². The summed E-state index contributed by atoms with van der Waals surface area (Å²) < 4.78 is 2.41. The number of aromatic nitrogens is 2. The summed E-state index contributed by atoms with van der Waals surface area (Å²) in [6.07, 6.45) is 1.69. The molecule has 0 unspecified atom stereocenters. The van der Waals surface area contributed by atoms with Gasteiger partial charge in [0.1, 0.15) is 5.69 Å². The predicted octanol–water partition coefficient (Wildman–Crippen LogP) is 0.884. The molecule has 0 N–H and O–H groups in total. The van der Waals surface area contributed by atoms with Crippen molar-refractivity contribution >= 4 is 21.8 Å². The van der Waals surface area contributed by atoms with Crippen LogP contribution in [0.3, 0.4) is 0 Å². The van der Waals surface area contributed by atoms with Gasteiger partial charge in [-0.1, -0.05) is 0 Å². The third-order valence-corrected chi connectivity index (χ3v) is 2.18. The number of carbonyl (C=O) groups is 1. The molecule has 1 amide bonds. The minimum Gasteiger partial charge on any atom is -0.343 e. The smallest absolute Gasteiger partial charge is 0.273 e. The van der Waals surface area contributed by atoms with Crippen LogP contribution in [-0.4, -0.2) is 34.5 Å². The molecule has 1 rings (SSSR count). The minimum absolute atomic E-state index is 0.0868. The molecular weight excluding hydrogens is 222 g/mol. The quantitative estimate of drug-likeness (QED) is 0.720. The molecule has 1 heterocycles. The van der Waals surface area contributed by atoms with Crippen LogP contribution in [0.1, 0.15) is 10.5 Å². The van der Waals surface area contributed by atoms with E-state index in [1.807, 2.05) is 7.05 Å². The number of rotatable bonds is 1. The lowest BCUT2D eigenvalue weighted by atomic mass is 10.4. The molecule has 0 aliphatic carbocycles. The number of imidazole rings is 1. The lowest BCUT2D eigenvalue weighted by molar-refractivity contribution is 0.0822. The fourth-order valence-corrected chi connectivity index (χ4v) is 1.07. The van der Waals surface area contributed by atoms with E-state index in [0.717, 1.165) is 0 Å². The third-order valence-electron chi connectivity index (χ3n) is 1.44. The topological polar surface area (TPSA) is 38.1 Å². The van der Waals surface area contributed by atoms with Crippen LogP contribution in [-0.2, 0) is 7.05 Å². The Morgan fingerprint density at radius 3 is 2.58 bits per heavy atom. The highest BCUT2D eigenvalue weighted by atomic mass is 79.9. The number of nitrogens with zero attached hydrogens (tertiary/aromatic N) is 3. The Morgan fingerprint density at radius 1 is 1.67 bits per heavy atom. The first-order valence-corrected chi connectivity index (χ1v) is 4.22. The van der Waals surface area contributed by atoms with Crippen molar-refractivity contribution in [2.75, 3.05) is 14.1 Å². The Hall–Kier alpha value is -0.840. The zero-order chi connectivity index (χ0) is 9.30. The summed E-state index contributed by atoms with van der Waals surface area (Å²) in [5.41, 5.74) is 0.453. The maximum absolute atomic E-state index is 11.3. The van der Waals surface area contributed by atoms with E-state index in [2.05, 4.69) is 20.9 Å². The van der Waals surface area contributed by atoms with Gasteiger partial charge >= 0.3 is 0 Å². The first-order valence-electron chi connectivity index (χ1n) is 3.43. The molecule has 12 heavy (non-hydrogen) atoms. The highest BCUT2D eigenvalue weighted by Gasteiger charge is 2.12. The van der Waals surface area contributed by atoms with E-state index in [0.29, 0.717) is 10.4 Å². The van der Waals surface area contributed by atoms with Gasteiger partial charge in [-0.25, -0.2) is 4.98 Å². The fourth-order valence-electron chi connectivity index (χ4n) is 0.776. The summed E-state index contributed by atoms with van der Waals surface area (Å²) in [5.74, 6) is -0.0868. The van der Waals surface area contributed by atoms with Crippen molar-refractivity contribution in [3.05, 3.63) is 16.6 Å². The standard InChI is InChI=1S/C7H10BrN3O/c1-10(2)6(12)5-4-11(3)7(8)9-5/h4H,1-3H3. The molecule has 0 atom stereocenters. The van der Waals surface area contributed by atoms with Crippen LogP contribution >= 0.6 is 15.9 Å². The molecule has 0 bridgehead atoms. The van der Waals surface area contributed by atoms with Crippen molar-refractivity contribution < 1.29 is 4.79 Å². The molecule has 5 heteroatoms. The number of amides is 1. The van der Waals surface area contributed by atoms with Crippen molar-refractivity contribution in [3.8, 4) is 0 Å². The van der Waals surface area contributed by atoms with Gasteiger partial charge < -0.3 is 9.47 Å². The van der Waals surface area contributed by atoms with Crippen molar-refractivity contribution in [3.63, 3.8) is 0 Å². The monoisotopic (exact) mass is 231 g/mol. The zero-order valence-corrected chi connectivity index (χ0v) is 8.79. The average molecular weight is 232 g/mol. The van der Waals surface area contributed by atoms with Crippen LogP contribution in [0.25, 0.3) is 0 Å². The second-order valence-electron chi connectivity index (χ2n) is 2.71. The zero-order valence-electron chi connectivity index (χ0n) is 7.21. The van der Waals surface area contributed by atoms with E-state index < -0.39 is 0 Å². The molecule has 0 spiro atoms. The van der Waals surface area contributed by atoms with Gasteiger partial charge in [-0.15, -0.1) is 0 Å². The Balaban J connectivity index is 2.97. The van der Waals surface area contributed by atoms with Crippen LogP contribution in [0.15, 0.2) is 10.9 Å². The minimum atomic E-state index is -0.0868. The van der Waals surface area contributed by atoms with Gasteiger partial charge in [0.05, 0.1) is 0 Å². The van der Waals surface area contributed by atoms with Crippen LogP contribution in [0.5, 0.6) is 0 Å². The molecule has 0 saturated heterocycles. The van der Waals surface area contributed by atoms with Crippen LogP contribution in [0, 0.1) is 0 Å². The number of hydrogen-bond donors (Lipinski definition) is 0. The summed E-state index contributed by atoms with van der Waals surface area (Å²) >= 11 is 3.21. The van der Waals surface area contributed by atoms with Crippen LogP contribution < -0.4 is 0 Å². The molecular formula is C7H10BrN3O. The van der Waals surface area contributed by atoms with E-state index in [4.69, 9.17) is 0 Å². The Labute approximate surface area is 79.3 Å². The van der Waals surface area contributed by atoms with Gasteiger partial charge in [0.15, 0.2) is 4.73 Å². The molecule has 4 nitrogen and oxygen atoms in total. The highest BCUT2D eigenvalue weighted by Crippen LogP contribution is 2.08. The van der Waals surface area contributed by atoms with Gasteiger partial charge in [-0.05, 0) is 15.9 Å². The molecule has 0 aromatic carbocycles. The average Bonchev–Trinajstić information content (AvgIpc) is 2.30. The van der Waals surface area contributed by atoms with Crippen molar-refractivity contribution in [2.45, 2.75) is 0 Å². The Morgan fingerprint density at radius 2 is 2.25 bits per heavy atom. The molecule has 0 radical (unpaired) electrons. The van der Waals surface area contributed by atoms with Crippen molar-refractivity contribution in [2.24, 2.45) is 7.05 Å². The normalized spacial score (nSPS) is 10.0. The van der Waals surface area contributed by atoms with Gasteiger partial charge in [-0.2, -0.15) is 0 Å². The van der Waals surface area contributed by atoms with Gasteiger partial charge in [0.2, 0.25) is 0 Å². The SMILES string of the molecule is CN(C)C(=O)c1cn(C)c(Br)n1. The molecule has 0 aliphatic heterocycles. The van der Waals surface area contributed by atoms with Crippen LogP contribution in [0.4, 0.5) is 0 Å². The number of aryl methyl sites for hydroxylation is 1. The van der Waals surface area contributed by atoms with E-state index in [1.165, 1.54) is 4.90 Å². The second-order valence-corrected chi connectivity index (χ2v) is 3.41. The summed E-state index contributed by atoms with van der Waals surface area (Å²) in [6, 6.07) is 0. The van der Waals surface area contributed by atoms with Gasteiger partial charge in [0, 0.05) is 27.3 Å². The molecule has 1 aromatic heterocycles. The summed E-state index contributed by atoms with van der Waals surface area (Å²) in [7, 11) is 5.22. The number of carbonyl (C=O) groups excluding carboxylic acids is 1. The fraction of sp³-hybridized carbons (Fsp3) is 0.429. The van der Waals surface area contributed by atoms with Crippen molar-refractivity contribution in [1.29, 1.82) is 0 Å². The van der Waals surface area contributed by atoms with E-state index in [-0.39, 0.29) is 5.91 Å². The second kappa shape index (κ2) is 3.26. The van der Waals surface area contributed by atoms with E-state index >= 15 is 0 Å². The third kappa shape index (κ3) is 1.66. The molecule has 0 aliphatic rings. The Kier molecular flexibility index (Phi) is 2.52.